The molecule has 0 heterocycles. The van der Waals surface area contributed by atoms with Gasteiger partial charge in [0.15, 0.2) is 0 Å². The molecule has 0 aliphatic carbocycles. The minimum Gasteiger partial charge on any atom is -0.497 e. The van der Waals surface area contributed by atoms with Gasteiger partial charge in [0.25, 0.3) is 0 Å². The summed E-state index contributed by atoms with van der Waals surface area (Å²) < 4.78 is 5.02. The molecule has 6 heteroatoms. The number of carbonyl (C=O) groups excluding carboxylic acids is 1. The molecule has 0 aromatic heterocycles. The van der Waals surface area contributed by atoms with E-state index in [9.17, 15) is 4.79 Å². The molecule has 86 valence electrons. The number of benzene rings is 1. The van der Waals surface area contributed by atoms with Crippen molar-refractivity contribution in [1.29, 1.82) is 0 Å². The van der Waals surface area contributed by atoms with Gasteiger partial charge < -0.3 is 10.1 Å². The summed E-state index contributed by atoms with van der Waals surface area (Å²) in [4.78, 5) is 11.3. The molecule has 0 bridgehead atoms. The third kappa shape index (κ3) is 3.39. The number of ether oxygens (including phenoxy) is 1. The average molecular weight is 239 g/mol. The third-order valence-corrected chi connectivity index (χ3v) is 2.21. The van der Waals surface area contributed by atoms with Crippen LogP contribution in [0.2, 0.25) is 0 Å². The zero-order valence-corrected chi connectivity index (χ0v) is 9.85. The summed E-state index contributed by atoms with van der Waals surface area (Å²) in [5, 5.41) is 2.40. The van der Waals surface area contributed by atoms with E-state index in [1.807, 2.05) is 0 Å². The van der Waals surface area contributed by atoms with Crippen molar-refractivity contribution in [2.24, 2.45) is 0 Å². The number of hydrogen-bond acceptors (Lipinski definition) is 3. The van der Waals surface area contributed by atoms with Crippen molar-refractivity contribution >= 4 is 23.2 Å². The van der Waals surface area contributed by atoms with E-state index in [0.29, 0.717) is 4.99 Å². The van der Waals surface area contributed by atoms with Gasteiger partial charge in [0, 0.05) is 12.6 Å². The lowest BCUT2D eigenvalue weighted by atomic mass is 10.2. The molecular weight excluding hydrogens is 226 g/mol. The molecule has 0 aliphatic rings. The van der Waals surface area contributed by atoms with Crippen molar-refractivity contribution in [2.45, 2.75) is 0 Å². The summed E-state index contributed by atoms with van der Waals surface area (Å²) in [7, 11) is 3.12. The zero-order chi connectivity index (χ0) is 12.0. The van der Waals surface area contributed by atoms with Crippen molar-refractivity contribution < 1.29 is 9.53 Å². The van der Waals surface area contributed by atoms with Crippen LogP contribution in [0.25, 0.3) is 0 Å². The van der Waals surface area contributed by atoms with Crippen molar-refractivity contribution in [3.63, 3.8) is 0 Å². The van der Waals surface area contributed by atoms with Gasteiger partial charge in [-0.05, 0) is 24.3 Å². The summed E-state index contributed by atoms with van der Waals surface area (Å²) >= 11 is 5.07. The summed E-state index contributed by atoms with van der Waals surface area (Å²) in [6.45, 7) is 0. The number of hydrazine groups is 1. The Hall–Kier alpha value is -1.82. The van der Waals surface area contributed by atoms with E-state index in [4.69, 9.17) is 17.0 Å². The van der Waals surface area contributed by atoms with Gasteiger partial charge in [0.1, 0.15) is 10.7 Å². The Bertz CT molecular complexity index is 378. The van der Waals surface area contributed by atoms with E-state index in [1.54, 1.807) is 31.4 Å². The Kier molecular flexibility index (Phi) is 4.53. The molecular formula is C10H13N3O2S. The number of thiocarbonyl (C=S) groups is 1. The van der Waals surface area contributed by atoms with Crippen LogP contribution in [0.4, 0.5) is 4.79 Å². The summed E-state index contributed by atoms with van der Waals surface area (Å²) in [6, 6.07) is 6.85. The predicted octanol–water partition coefficient (Wildman–Crippen LogP) is 0.804. The van der Waals surface area contributed by atoms with Gasteiger partial charge in [-0.25, -0.2) is 4.79 Å². The maximum atomic E-state index is 10.9. The molecule has 5 nitrogen and oxygen atoms in total. The smallest absolute Gasteiger partial charge is 0.333 e. The Labute approximate surface area is 99.1 Å². The van der Waals surface area contributed by atoms with E-state index in [-0.39, 0.29) is 6.03 Å². The van der Waals surface area contributed by atoms with Gasteiger partial charge in [-0.1, -0.05) is 12.2 Å². The van der Waals surface area contributed by atoms with Crippen LogP contribution in [0.5, 0.6) is 5.75 Å². The van der Waals surface area contributed by atoms with Crippen LogP contribution >= 0.6 is 12.2 Å². The number of methoxy groups -OCH3 is 1. The van der Waals surface area contributed by atoms with Crippen molar-refractivity contribution in [2.75, 3.05) is 14.2 Å². The van der Waals surface area contributed by atoms with Gasteiger partial charge in [-0.2, -0.15) is 0 Å². The molecule has 0 spiro atoms. The first-order valence-corrected chi connectivity index (χ1v) is 5.00. The molecule has 3 N–H and O–H groups in total. The fourth-order valence-corrected chi connectivity index (χ4v) is 1.18. The number of carbonyl (C=O) groups is 1. The minimum atomic E-state index is -0.351. The molecule has 1 rings (SSSR count). The van der Waals surface area contributed by atoms with Gasteiger partial charge >= 0.3 is 6.03 Å². The van der Waals surface area contributed by atoms with Crippen molar-refractivity contribution in [1.82, 2.24) is 16.2 Å². The quantitative estimate of drug-likeness (QED) is 0.528. The highest BCUT2D eigenvalue weighted by Crippen LogP contribution is 2.11. The maximum Gasteiger partial charge on any atom is 0.333 e. The van der Waals surface area contributed by atoms with Gasteiger partial charge in [0.2, 0.25) is 0 Å². The van der Waals surface area contributed by atoms with Gasteiger partial charge in [0.05, 0.1) is 7.11 Å². The van der Waals surface area contributed by atoms with Crippen molar-refractivity contribution in [3.8, 4) is 5.75 Å². The molecule has 16 heavy (non-hydrogen) atoms. The second-order valence-electron chi connectivity index (χ2n) is 2.89. The summed E-state index contributed by atoms with van der Waals surface area (Å²) in [5.74, 6) is 0.755. The molecule has 0 unspecified atom stereocenters. The number of urea groups is 1. The first-order chi connectivity index (χ1) is 7.67. The third-order valence-electron chi connectivity index (χ3n) is 1.87. The lowest BCUT2D eigenvalue weighted by Crippen LogP contribution is -2.45. The monoisotopic (exact) mass is 239 g/mol. The SMILES string of the molecule is CNC(=O)NNC(=S)c1ccc(OC)cc1. The first kappa shape index (κ1) is 12.3. The molecule has 1 aromatic rings. The normalized spacial score (nSPS) is 9.12. The topological polar surface area (TPSA) is 62.4 Å². The maximum absolute atomic E-state index is 10.9. The second kappa shape index (κ2) is 5.92. The minimum absolute atomic E-state index is 0.351. The fourth-order valence-electron chi connectivity index (χ4n) is 0.991. The molecule has 0 aliphatic heterocycles. The van der Waals surface area contributed by atoms with Crippen LogP contribution in [0, 0.1) is 0 Å². The van der Waals surface area contributed by atoms with Crippen LogP contribution in [-0.2, 0) is 0 Å². The molecule has 2 amide bonds. The highest BCUT2D eigenvalue weighted by atomic mass is 32.1. The van der Waals surface area contributed by atoms with Crippen LogP contribution < -0.4 is 20.9 Å². The Morgan fingerprint density at radius 1 is 1.25 bits per heavy atom. The molecule has 0 atom stereocenters. The molecule has 0 radical (unpaired) electrons. The number of rotatable bonds is 2. The van der Waals surface area contributed by atoms with Crippen LogP contribution in [0.15, 0.2) is 24.3 Å². The molecule has 0 saturated carbocycles. The van der Waals surface area contributed by atoms with Gasteiger partial charge in [-0.3, -0.25) is 10.9 Å². The van der Waals surface area contributed by atoms with Gasteiger partial charge in [-0.15, -0.1) is 0 Å². The highest BCUT2D eigenvalue weighted by Gasteiger charge is 2.02. The lowest BCUT2D eigenvalue weighted by Gasteiger charge is -2.09. The van der Waals surface area contributed by atoms with Crippen molar-refractivity contribution in [3.05, 3.63) is 29.8 Å². The van der Waals surface area contributed by atoms with E-state index in [2.05, 4.69) is 16.2 Å². The average Bonchev–Trinajstić information content (AvgIpc) is 2.35. The Morgan fingerprint density at radius 2 is 1.88 bits per heavy atom. The van der Waals surface area contributed by atoms with E-state index < -0.39 is 0 Å². The number of amides is 2. The summed E-state index contributed by atoms with van der Waals surface area (Å²) in [6.07, 6.45) is 0. The standard InChI is InChI=1S/C10H13N3O2S/c1-11-10(14)13-12-9(16)7-3-5-8(15-2)6-4-7/h3-6H,1-2H3,(H,12,16)(H2,11,13,14). The van der Waals surface area contributed by atoms with E-state index in [1.165, 1.54) is 7.05 Å². The molecule has 0 fully saturated rings. The largest absolute Gasteiger partial charge is 0.497 e. The van der Waals surface area contributed by atoms with E-state index in [0.717, 1.165) is 11.3 Å². The molecule has 1 aromatic carbocycles. The molecule has 0 saturated heterocycles. The van der Waals surface area contributed by atoms with E-state index >= 15 is 0 Å². The first-order valence-electron chi connectivity index (χ1n) is 4.59. The predicted molar refractivity (Wildman–Crippen MR) is 65.4 cm³/mol. The lowest BCUT2D eigenvalue weighted by molar-refractivity contribution is 0.241. The fraction of sp³-hybridized carbons (Fsp3) is 0.200. The Balaban J connectivity index is 2.56. The highest BCUT2D eigenvalue weighted by molar-refractivity contribution is 7.80. The van der Waals surface area contributed by atoms with Crippen LogP contribution in [0.3, 0.4) is 0 Å². The summed E-state index contributed by atoms with van der Waals surface area (Å²) in [5.41, 5.74) is 5.80. The van der Waals surface area contributed by atoms with Crippen LogP contribution in [0.1, 0.15) is 5.56 Å². The second-order valence-corrected chi connectivity index (χ2v) is 3.29. The zero-order valence-electron chi connectivity index (χ0n) is 9.03. The van der Waals surface area contributed by atoms with Crippen LogP contribution in [-0.4, -0.2) is 25.2 Å². The Morgan fingerprint density at radius 3 is 2.38 bits per heavy atom. The number of nitrogens with one attached hydrogen (secondary N) is 3. The number of hydrogen-bond donors (Lipinski definition) is 3.